The Kier molecular flexibility index (Phi) is 4.91. The van der Waals surface area contributed by atoms with Gasteiger partial charge in [0.05, 0.1) is 11.7 Å². The Bertz CT molecular complexity index is 731. The SMILES string of the molecule is C[C@@]12CC[C@@H](O)C[C@@H]1CC[C@H]1[C@H]3CC[C@@](O)(CCc4ccccc4)[C@]3(C)CC[C@@H]12. The molecule has 29 heavy (non-hydrogen) atoms. The van der Waals surface area contributed by atoms with E-state index in [9.17, 15) is 10.2 Å². The van der Waals surface area contributed by atoms with Crippen LogP contribution in [-0.2, 0) is 6.42 Å². The van der Waals surface area contributed by atoms with E-state index in [1.165, 1.54) is 44.1 Å². The lowest BCUT2D eigenvalue weighted by molar-refractivity contribution is -0.160. The molecule has 2 nitrogen and oxygen atoms in total. The fourth-order valence-corrected chi connectivity index (χ4v) is 8.75. The first-order valence-corrected chi connectivity index (χ1v) is 12.3. The summed E-state index contributed by atoms with van der Waals surface area (Å²) in [4.78, 5) is 0. The molecule has 0 aliphatic heterocycles. The second-order valence-corrected chi connectivity index (χ2v) is 11.6. The molecule has 5 rings (SSSR count). The average molecular weight is 397 g/mol. The average Bonchev–Trinajstić information content (AvgIpc) is 2.99. The summed E-state index contributed by atoms with van der Waals surface area (Å²) in [5.74, 6) is 3.00. The van der Waals surface area contributed by atoms with Gasteiger partial charge in [0.1, 0.15) is 0 Å². The van der Waals surface area contributed by atoms with Crippen molar-refractivity contribution in [2.75, 3.05) is 0 Å². The van der Waals surface area contributed by atoms with Crippen LogP contribution in [0.25, 0.3) is 0 Å². The van der Waals surface area contributed by atoms with E-state index < -0.39 is 5.60 Å². The molecule has 0 radical (unpaired) electrons. The first-order valence-electron chi connectivity index (χ1n) is 12.3. The lowest BCUT2D eigenvalue weighted by atomic mass is 9.44. The predicted octanol–water partition coefficient (Wildman–Crippen LogP) is 5.75. The molecule has 1 aromatic carbocycles. The van der Waals surface area contributed by atoms with Gasteiger partial charge in [-0.15, -0.1) is 0 Å². The Morgan fingerprint density at radius 2 is 1.66 bits per heavy atom. The minimum absolute atomic E-state index is 0.0620. The van der Waals surface area contributed by atoms with Gasteiger partial charge in [0.15, 0.2) is 0 Å². The number of hydrogen-bond acceptors (Lipinski definition) is 2. The molecule has 0 aromatic heterocycles. The molecule has 4 aliphatic carbocycles. The zero-order valence-corrected chi connectivity index (χ0v) is 18.4. The Morgan fingerprint density at radius 3 is 2.45 bits per heavy atom. The Hall–Kier alpha value is -0.860. The maximum absolute atomic E-state index is 11.9. The number of aliphatic hydroxyl groups is 2. The molecule has 4 aliphatic rings. The molecule has 2 heteroatoms. The van der Waals surface area contributed by atoms with Crippen molar-refractivity contribution in [1.82, 2.24) is 0 Å². The summed E-state index contributed by atoms with van der Waals surface area (Å²) in [5, 5.41) is 22.1. The van der Waals surface area contributed by atoms with E-state index in [2.05, 4.69) is 44.2 Å². The number of aryl methyl sites for hydroxylation is 1. The number of fused-ring (bicyclic) bond motifs is 5. The maximum Gasteiger partial charge on any atom is 0.0707 e. The Labute approximate surface area is 177 Å². The van der Waals surface area contributed by atoms with Gasteiger partial charge in [-0.3, -0.25) is 0 Å². The quantitative estimate of drug-likeness (QED) is 0.682. The molecule has 8 atom stereocenters. The molecule has 2 N–H and O–H groups in total. The van der Waals surface area contributed by atoms with Crippen molar-refractivity contribution >= 4 is 0 Å². The summed E-state index contributed by atoms with van der Waals surface area (Å²) >= 11 is 0. The monoisotopic (exact) mass is 396 g/mol. The Morgan fingerprint density at radius 1 is 0.897 bits per heavy atom. The summed E-state index contributed by atoms with van der Waals surface area (Å²) in [6.07, 6.45) is 12.4. The smallest absolute Gasteiger partial charge is 0.0707 e. The molecular formula is C27H40O2. The van der Waals surface area contributed by atoms with Gasteiger partial charge >= 0.3 is 0 Å². The van der Waals surface area contributed by atoms with E-state index in [1.807, 2.05) is 0 Å². The fraction of sp³-hybridized carbons (Fsp3) is 0.778. The predicted molar refractivity (Wildman–Crippen MR) is 117 cm³/mol. The number of aliphatic hydroxyl groups excluding tert-OH is 1. The highest BCUT2D eigenvalue weighted by atomic mass is 16.3. The van der Waals surface area contributed by atoms with Crippen LogP contribution in [0.15, 0.2) is 30.3 Å². The van der Waals surface area contributed by atoms with Crippen molar-refractivity contribution in [3.63, 3.8) is 0 Å². The second-order valence-electron chi connectivity index (χ2n) is 11.6. The van der Waals surface area contributed by atoms with Crippen molar-refractivity contribution in [1.29, 1.82) is 0 Å². The number of benzene rings is 1. The van der Waals surface area contributed by atoms with E-state index in [1.54, 1.807) is 0 Å². The van der Waals surface area contributed by atoms with Gasteiger partial charge in [0, 0.05) is 0 Å². The molecule has 0 saturated heterocycles. The molecule has 0 bridgehead atoms. The standard InChI is InChI=1S/C27H40O2/c1-25-14-11-21(28)18-20(25)8-9-22-23(25)12-15-26(2)24(22)13-17-27(26,29)16-10-19-6-4-3-5-7-19/h3-7,20-24,28-29H,8-18H2,1-2H3/t20-,21+,22+,23-,24+,25+,26+,27-/m0/s1. The van der Waals surface area contributed by atoms with Crippen molar-refractivity contribution in [3.05, 3.63) is 35.9 Å². The van der Waals surface area contributed by atoms with E-state index in [4.69, 9.17) is 0 Å². The lowest BCUT2D eigenvalue weighted by Gasteiger charge is -2.61. The third-order valence-electron chi connectivity index (χ3n) is 10.6. The highest BCUT2D eigenvalue weighted by molar-refractivity contribution is 5.18. The first kappa shape index (κ1) is 20.1. The zero-order valence-electron chi connectivity index (χ0n) is 18.4. The summed E-state index contributed by atoms with van der Waals surface area (Å²) in [6.45, 7) is 4.99. The third-order valence-corrected chi connectivity index (χ3v) is 10.6. The molecule has 0 heterocycles. The van der Waals surface area contributed by atoms with Crippen LogP contribution in [0.3, 0.4) is 0 Å². The molecule has 4 fully saturated rings. The van der Waals surface area contributed by atoms with Gasteiger partial charge in [-0.2, -0.15) is 0 Å². The largest absolute Gasteiger partial charge is 0.393 e. The normalized spacial score (nSPS) is 49.2. The summed E-state index contributed by atoms with van der Waals surface area (Å²) in [5.41, 5.74) is 1.36. The minimum atomic E-state index is -0.501. The molecule has 160 valence electrons. The van der Waals surface area contributed by atoms with Crippen LogP contribution < -0.4 is 0 Å². The van der Waals surface area contributed by atoms with E-state index >= 15 is 0 Å². The molecule has 0 amide bonds. The van der Waals surface area contributed by atoms with Gasteiger partial charge in [-0.1, -0.05) is 44.2 Å². The highest BCUT2D eigenvalue weighted by Gasteiger charge is 2.64. The van der Waals surface area contributed by atoms with E-state index in [0.29, 0.717) is 11.3 Å². The van der Waals surface area contributed by atoms with Crippen molar-refractivity contribution in [2.24, 2.45) is 34.5 Å². The molecule has 4 saturated carbocycles. The van der Waals surface area contributed by atoms with Gasteiger partial charge in [-0.05, 0) is 111 Å². The minimum Gasteiger partial charge on any atom is -0.393 e. The highest BCUT2D eigenvalue weighted by Crippen LogP contribution is 2.68. The van der Waals surface area contributed by atoms with Crippen LogP contribution in [0, 0.1) is 34.5 Å². The Balaban J connectivity index is 1.35. The van der Waals surface area contributed by atoms with Crippen molar-refractivity contribution < 1.29 is 10.2 Å². The summed E-state index contributed by atoms with van der Waals surface area (Å²) in [7, 11) is 0. The first-order chi connectivity index (χ1) is 13.9. The third kappa shape index (κ3) is 3.04. The molecular weight excluding hydrogens is 356 g/mol. The molecule has 1 aromatic rings. The number of hydrogen-bond donors (Lipinski definition) is 2. The van der Waals surface area contributed by atoms with Gasteiger partial charge in [0.2, 0.25) is 0 Å². The summed E-state index contributed by atoms with van der Waals surface area (Å²) < 4.78 is 0. The second kappa shape index (κ2) is 7.09. The lowest BCUT2D eigenvalue weighted by Crippen LogP contribution is -2.56. The topological polar surface area (TPSA) is 40.5 Å². The van der Waals surface area contributed by atoms with Gasteiger partial charge in [0.25, 0.3) is 0 Å². The number of rotatable bonds is 3. The van der Waals surface area contributed by atoms with Crippen LogP contribution in [-0.4, -0.2) is 21.9 Å². The van der Waals surface area contributed by atoms with Crippen LogP contribution in [0.4, 0.5) is 0 Å². The molecule has 0 unspecified atom stereocenters. The van der Waals surface area contributed by atoms with Gasteiger partial charge in [-0.25, -0.2) is 0 Å². The fourth-order valence-electron chi connectivity index (χ4n) is 8.75. The van der Waals surface area contributed by atoms with E-state index in [-0.39, 0.29) is 11.5 Å². The van der Waals surface area contributed by atoms with E-state index in [0.717, 1.165) is 49.9 Å². The summed E-state index contributed by atoms with van der Waals surface area (Å²) in [6, 6.07) is 10.7. The van der Waals surface area contributed by atoms with Crippen LogP contribution in [0.5, 0.6) is 0 Å². The molecule has 0 spiro atoms. The zero-order chi connectivity index (χ0) is 20.3. The maximum atomic E-state index is 11.9. The van der Waals surface area contributed by atoms with Crippen molar-refractivity contribution in [2.45, 2.75) is 96.2 Å². The van der Waals surface area contributed by atoms with Gasteiger partial charge < -0.3 is 10.2 Å². The van der Waals surface area contributed by atoms with Crippen LogP contribution >= 0.6 is 0 Å². The van der Waals surface area contributed by atoms with Crippen LogP contribution in [0.2, 0.25) is 0 Å². The van der Waals surface area contributed by atoms with Crippen LogP contribution in [0.1, 0.15) is 83.6 Å². The van der Waals surface area contributed by atoms with Crippen molar-refractivity contribution in [3.8, 4) is 0 Å².